The van der Waals surface area contributed by atoms with Gasteiger partial charge in [-0.1, -0.05) is 49.2 Å². The Labute approximate surface area is 181 Å². The predicted octanol–water partition coefficient (Wildman–Crippen LogP) is 4.13. The highest BCUT2D eigenvalue weighted by Gasteiger charge is 2.29. The Morgan fingerprint density at radius 1 is 1.21 bits per heavy atom. The molecule has 1 aliphatic heterocycles. The highest BCUT2D eigenvalue weighted by Crippen LogP contribution is 2.33. The number of hydrogen-bond donors (Lipinski definition) is 3. The van der Waals surface area contributed by atoms with E-state index in [-0.39, 0.29) is 27.8 Å². The van der Waals surface area contributed by atoms with Gasteiger partial charge in [-0.2, -0.15) is 0 Å². The maximum Gasteiger partial charge on any atom is 0.258 e. The maximum absolute atomic E-state index is 8.48. The van der Waals surface area contributed by atoms with Gasteiger partial charge in [0.05, 0.1) is 22.9 Å². The van der Waals surface area contributed by atoms with Crippen molar-refractivity contribution in [1.82, 2.24) is 9.97 Å². The summed E-state index contributed by atoms with van der Waals surface area (Å²) in [6.45, 7) is 7.50. The number of ether oxygens (including phenoxy) is 1. The van der Waals surface area contributed by atoms with Gasteiger partial charge in [0.15, 0.2) is 11.6 Å². The lowest BCUT2D eigenvalue weighted by atomic mass is 9.91. The Morgan fingerprint density at radius 3 is 2.41 bits per heavy atom. The van der Waals surface area contributed by atoms with Crippen LogP contribution in [0, 0.1) is 5.41 Å². The number of nitrogens with two attached hydrogens (primary N) is 2. The zero-order valence-corrected chi connectivity index (χ0v) is 18.7. The van der Waals surface area contributed by atoms with Crippen molar-refractivity contribution in [2.75, 3.05) is 30.8 Å². The van der Waals surface area contributed by atoms with E-state index in [0.717, 1.165) is 25.9 Å². The zero-order valence-electron chi connectivity index (χ0n) is 17.2. The predicted molar refractivity (Wildman–Crippen MR) is 121 cm³/mol. The zero-order chi connectivity index (χ0) is 21.8. The van der Waals surface area contributed by atoms with Gasteiger partial charge in [0.1, 0.15) is 5.69 Å². The van der Waals surface area contributed by atoms with Crippen molar-refractivity contribution < 1.29 is 4.74 Å². The van der Waals surface area contributed by atoms with Gasteiger partial charge in [-0.25, -0.2) is 9.97 Å². The quantitative estimate of drug-likeness (QED) is 0.617. The van der Waals surface area contributed by atoms with Crippen molar-refractivity contribution in [2.45, 2.75) is 39.2 Å². The molecule has 5 N–H and O–H groups in total. The fourth-order valence-electron chi connectivity index (χ4n) is 3.00. The summed E-state index contributed by atoms with van der Waals surface area (Å²) in [5.74, 6) is 0.995. The van der Waals surface area contributed by atoms with Gasteiger partial charge >= 0.3 is 0 Å². The third kappa shape index (κ3) is 5.10. The molecule has 9 heteroatoms. The summed E-state index contributed by atoms with van der Waals surface area (Å²) in [6.07, 6.45) is 1.65. The van der Waals surface area contributed by atoms with E-state index in [1.54, 1.807) is 18.2 Å². The molecule has 0 saturated carbocycles. The Bertz CT molecular complexity index is 878. The molecule has 1 saturated heterocycles. The van der Waals surface area contributed by atoms with E-state index in [1.165, 1.54) is 7.11 Å². The molecular formula is C20H28Cl2N6O. The largest absolute Gasteiger partial charge is 0.478 e. The van der Waals surface area contributed by atoms with E-state index in [2.05, 4.69) is 14.9 Å². The summed E-state index contributed by atoms with van der Waals surface area (Å²) in [5, 5.41) is 9.10. The minimum absolute atomic E-state index is 0.0329. The monoisotopic (exact) mass is 438 g/mol. The Morgan fingerprint density at radius 2 is 1.83 bits per heavy atom. The number of methoxy groups -OCH3 is 1. The smallest absolute Gasteiger partial charge is 0.258 e. The van der Waals surface area contributed by atoms with Crippen LogP contribution in [0.3, 0.4) is 0 Å². The molecule has 0 atom stereocenters. The number of aromatic nitrogens is 2. The van der Waals surface area contributed by atoms with Crippen LogP contribution in [-0.4, -0.2) is 41.4 Å². The molecule has 0 aliphatic carbocycles. The molecule has 2 heterocycles. The minimum Gasteiger partial charge on any atom is -0.478 e. The summed E-state index contributed by atoms with van der Waals surface area (Å²) in [4.78, 5) is 11.0. The van der Waals surface area contributed by atoms with E-state index >= 15 is 0 Å². The van der Waals surface area contributed by atoms with Gasteiger partial charge < -0.3 is 21.1 Å². The van der Waals surface area contributed by atoms with E-state index < -0.39 is 0 Å². The topological polar surface area (TPSA) is 114 Å². The van der Waals surface area contributed by atoms with Gasteiger partial charge in [-0.05, 0) is 25.8 Å². The van der Waals surface area contributed by atoms with Crippen LogP contribution < -0.4 is 21.1 Å². The van der Waals surface area contributed by atoms with Crippen LogP contribution in [0.1, 0.15) is 44.9 Å². The third-order valence-corrected chi connectivity index (χ3v) is 5.55. The normalized spacial score (nSPS) is 15.3. The number of halogens is 2. The molecule has 0 unspecified atom stereocenters. The van der Waals surface area contributed by atoms with Gasteiger partial charge in [-0.15, -0.1) is 0 Å². The molecule has 1 fully saturated rings. The summed E-state index contributed by atoms with van der Waals surface area (Å²) in [6, 6.07) is 5.05. The van der Waals surface area contributed by atoms with Gasteiger partial charge in [0.25, 0.3) is 5.88 Å². The van der Waals surface area contributed by atoms with Crippen LogP contribution in [0.4, 0.5) is 11.6 Å². The van der Waals surface area contributed by atoms with Crippen LogP contribution in [-0.2, 0) is 0 Å². The molecule has 0 radical (unpaired) electrons. The average Bonchev–Trinajstić information content (AvgIpc) is 2.71. The molecule has 0 bridgehead atoms. The lowest BCUT2D eigenvalue weighted by molar-refractivity contribution is 0.355. The van der Waals surface area contributed by atoms with Crippen molar-refractivity contribution >= 4 is 40.5 Å². The number of rotatable bonds is 4. The highest BCUT2D eigenvalue weighted by molar-refractivity contribution is 6.44. The first-order valence-electron chi connectivity index (χ1n) is 9.52. The molecule has 0 amide bonds. The standard InChI is InChI=1S/C18H22Cl2N6O.C2H6/c1-18(23)6-8-26(9-7-18)16-17(27-2)24-14(15(22)25-16)13(21)10-4-3-5-11(19)12(10)20;1-2/h3-5,21H,6-9,23H2,1-2H3,(H2,22,25);1-2H3. The molecule has 1 aromatic heterocycles. The van der Waals surface area contributed by atoms with Crippen LogP contribution in [0.15, 0.2) is 18.2 Å². The summed E-state index contributed by atoms with van der Waals surface area (Å²) in [5.41, 5.74) is 12.8. The lowest BCUT2D eigenvalue weighted by Crippen LogP contribution is -2.48. The SMILES string of the molecule is CC.COc1nc(C(=N)c2cccc(Cl)c2Cl)c(N)nc1N1CCC(C)(N)CC1. The second-order valence-electron chi connectivity index (χ2n) is 6.91. The minimum atomic E-state index is -0.186. The molecular weight excluding hydrogens is 411 g/mol. The number of anilines is 2. The second kappa shape index (κ2) is 9.61. The first-order chi connectivity index (χ1) is 13.7. The van der Waals surface area contributed by atoms with Crippen molar-refractivity contribution in [3.8, 4) is 5.88 Å². The van der Waals surface area contributed by atoms with E-state index in [9.17, 15) is 0 Å². The second-order valence-corrected chi connectivity index (χ2v) is 7.69. The maximum atomic E-state index is 8.48. The van der Waals surface area contributed by atoms with Crippen molar-refractivity contribution in [3.05, 3.63) is 39.5 Å². The van der Waals surface area contributed by atoms with Gasteiger partial charge in [-0.3, -0.25) is 5.41 Å². The number of nitrogens with one attached hydrogen (secondary N) is 1. The fourth-order valence-corrected chi connectivity index (χ4v) is 3.40. The molecule has 1 aliphatic rings. The molecule has 3 rings (SSSR count). The van der Waals surface area contributed by atoms with Crippen LogP contribution in [0.2, 0.25) is 10.0 Å². The number of nitrogens with zero attached hydrogens (tertiary/aromatic N) is 3. The fraction of sp³-hybridized carbons (Fsp3) is 0.450. The van der Waals surface area contributed by atoms with Gasteiger partial charge in [0.2, 0.25) is 0 Å². The summed E-state index contributed by atoms with van der Waals surface area (Å²) < 4.78 is 5.43. The van der Waals surface area contributed by atoms with E-state index in [0.29, 0.717) is 22.3 Å². The van der Waals surface area contributed by atoms with Crippen LogP contribution in [0.5, 0.6) is 5.88 Å². The average molecular weight is 439 g/mol. The molecule has 29 heavy (non-hydrogen) atoms. The lowest BCUT2D eigenvalue weighted by Gasteiger charge is -2.37. The van der Waals surface area contributed by atoms with Crippen molar-refractivity contribution in [3.63, 3.8) is 0 Å². The van der Waals surface area contributed by atoms with Crippen LogP contribution >= 0.6 is 23.2 Å². The molecule has 7 nitrogen and oxygen atoms in total. The van der Waals surface area contributed by atoms with Crippen molar-refractivity contribution in [2.24, 2.45) is 5.73 Å². The Kier molecular flexibility index (Phi) is 7.68. The number of nitrogen functional groups attached to an aromatic ring is 1. The summed E-state index contributed by atoms with van der Waals surface area (Å²) in [7, 11) is 1.51. The number of piperidine rings is 1. The molecule has 158 valence electrons. The Hall–Kier alpha value is -2.09. The molecule has 2 aromatic rings. The first kappa shape index (κ1) is 23.2. The van der Waals surface area contributed by atoms with Crippen molar-refractivity contribution in [1.29, 1.82) is 5.41 Å². The van der Waals surface area contributed by atoms with E-state index in [4.69, 9.17) is 44.8 Å². The van der Waals surface area contributed by atoms with Crippen LogP contribution in [0.25, 0.3) is 0 Å². The molecule has 0 spiro atoms. The van der Waals surface area contributed by atoms with E-state index in [1.807, 2.05) is 20.8 Å². The number of hydrogen-bond acceptors (Lipinski definition) is 7. The Balaban J connectivity index is 0.00000145. The summed E-state index contributed by atoms with van der Waals surface area (Å²) >= 11 is 12.3. The van der Waals surface area contributed by atoms with Gasteiger partial charge in [0, 0.05) is 24.2 Å². The third-order valence-electron chi connectivity index (χ3n) is 4.73. The highest BCUT2D eigenvalue weighted by atomic mass is 35.5. The first-order valence-corrected chi connectivity index (χ1v) is 10.3. The number of benzene rings is 1. The molecule has 1 aromatic carbocycles.